The molecule has 0 radical (unpaired) electrons. The highest BCUT2D eigenvalue weighted by molar-refractivity contribution is 5.53. The first-order valence-corrected chi connectivity index (χ1v) is 10.3. The van der Waals surface area contributed by atoms with Gasteiger partial charge < -0.3 is 0 Å². The highest BCUT2D eigenvalue weighted by Crippen LogP contribution is 2.52. The Balaban J connectivity index is 0.00000163. The highest BCUT2D eigenvalue weighted by Gasteiger charge is 2.40. The lowest BCUT2D eigenvalue weighted by molar-refractivity contribution is 0.475. The van der Waals surface area contributed by atoms with Crippen LogP contribution in [-0.2, 0) is 0 Å². The predicted molar refractivity (Wildman–Crippen MR) is 119 cm³/mol. The van der Waals surface area contributed by atoms with Crippen molar-refractivity contribution in [2.24, 2.45) is 17.8 Å². The maximum atomic E-state index is 3.92. The Hall–Kier alpha value is -1.82. The third-order valence-corrected chi connectivity index (χ3v) is 5.46. The Bertz CT molecular complexity index is 618. The Morgan fingerprint density at radius 1 is 1.08 bits per heavy atom. The largest absolute Gasteiger partial charge is 0.0990 e. The van der Waals surface area contributed by atoms with E-state index in [1.54, 1.807) is 5.57 Å². The zero-order valence-corrected chi connectivity index (χ0v) is 17.6. The Morgan fingerprint density at radius 3 is 2.42 bits per heavy atom. The van der Waals surface area contributed by atoms with Crippen LogP contribution in [0.4, 0.5) is 0 Å². The number of fused-ring (bicyclic) bond motifs is 1. The molecule has 0 bridgehead atoms. The molecule has 0 saturated heterocycles. The first-order valence-electron chi connectivity index (χ1n) is 10.3. The van der Waals surface area contributed by atoms with Gasteiger partial charge in [-0.05, 0) is 62.0 Å². The minimum Gasteiger partial charge on any atom is -0.0990 e. The van der Waals surface area contributed by atoms with E-state index < -0.39 is 0 Å². The molecule has 3 atom stereocenters. The lowest BCUT2D eigenvalue weighted by atomic mass is 9.86. The molecule has 2 aliphatic carbocycles. The minimum absolute atomic E-state index is 0.683. The monoisotopic (exact) mass is 350 g/mol. The van der Waals surface area contributed by atoms with Gasteiger partial charge in [-0.15, -0.1) is 0 Å². The third kappa shape index (κ3) is 5.59. The maximum Gasteiger partial charge on any atom is -0.0163 e. The van der Waals surface area contributed by atoms with Crippen molar-refractivity contribution in [1.29, 1.82) is 0 Å². The van der Waals surface area contributed by atoms with Crippen LogP contribution in [0.25, 0.3) is 0 Å². The Morgan fingerprint density at radius 2 is 1.81 bits per heavy atom. The van der Waals surface area contributed by atoms with Gasteiger partial charge in [-0.3, -0.25) is 0 Å². The van der Waals surface area contributed by atoms with Gasteiger partial charge in [0.1, 0.15) is 0 Å². The standard InChI is InChI=1S/C24H32.C2H6/c1-6-11-20(12-7-2)22(15-9-13-18(4)8-3)24-19(5)17-21-14-10-16-23(21)24;1-2/h6-9,11-13,15,19,21,23H,1,3,10,14,16-17H2,2,4-5H3;1-2H3/b12-7-,15-9+,18-13-,20-11+,24-22+;. The summed E-state index contributed by atoms with van der Waals surface area (Å²) in [6, 6.07) is 0. The first-order chi connectivity index (χ1) is 12.6. The normalized spacial score (nSPS) is 28.1. The summed E-state index contributed by atoms with van der Waals surface area (Å²) in [5, 5.41) is 0. The van der Waals surface area contributed by atoms with Gasteiger partial charge in [0.15, 0.2) is 0 Å². The predicted octanol–water partition coefficient (Wildman–Crippen LogP) is 8.14. The number of hydrogen-bond donors (Lipinski definition) is 0. The molecular formula is C26H38. The van der Waals surface area contributed by atoms with E-state index in [9.17, 15) is 0 Å². The molecular weight excluding hydrogens is 312 g/mol. The van der Waals surface area contributed by atoms with Gasteiger partial charge in [0.25, 0.3) is 0 Å². The van der Waals surface area contributed by atoms with Crippen LogP contribution in [0.1, 0.15) is 60.3 Å². The van der Waals surface area contributed by atoms with Crippen molar-refractivity contribution < 1.29 is 0 Å². The van der Waals surface area contributed by atoms with Crippen LogP contribution in [0.3, 0.4) is 0 Å². The van der Waals surface area contributed by atoms with Gasteiger partial charge in [-0.25, -0.2) is 0 Å². The van der Waals surface area contributed by atoms with Crippen molar-refractivity contribution in [3.63, 3.8) is 0 Å². The third-order valence-electron chi connectivity index (χ3n) is 5.46. The second-order valence-electron chi connectivity index (χ2n) is 7.13. The summed E-state index contributed by atoms with van der Waals surface area (Å²) in [7, 11) is 0. The van der Waals surface area contributed by atoms with Gasteiger partial charge in [0.05, 0.1) is 0 Å². The van der Waals surface area contributed by atoms with E-state index in [0.29, 0.717) is 5.92 Å². The zero-order valence-electron chi connectivity index (χ0n) is 17.6. The second-order valence-corrected chi connectivity index (χ2v) is 7.13. The summed E-state index contributed by atoms with van der Waals surface area (Å²) >= 11 is 0. The summed E-state index contributed by atoms with van der Waals surface area (Å²) in [6.45, 7) is 18.3. The molecule has 0 heterocycles. The minimum atomic E-state index is 0.683. The van der Waals surface area contributed by atoms with E-state index in [1.165, 1.54) is 42.4 Å². The Kier molecular flexibility index (Phi) is 10.0. The summed E-state index contributed by atoms with van der Waals surface area (Å²) in [4.78, 5) is 0. The van der Waals surface area contributed by atoms with Crippen LogP contribution in [0.15, 0.2) is 84.1 Å². The summed E-state index contributed by atoms with van der Waals surface area (Å²) in [5.74, 6) is 2.37. The number of rotatable bonds is 6. The molecule has 0 aliphatic heterocycles. The number of hydrogen-bond acceptors (Lipinski definition) is 0. The molecule has 0 N–H and O–H groups in total. The van der Waals surface area contributed by atoms with Crippen molar-refractivity contribution in [3.05, 3.63) is 84.1 Å². The molecule has 0 heteroatoms. The lowest BCUT2D eigenvalue weighted by Crippen LogP contribution is -2.05. The van der Waals surface area contributed by atoms with Gasteiger partial charge in [0, 0.05) is 0 Å². The van der Waals surface area contributed by atoms with Crippen LogP contribution < -0.4 is 0 Å². The second kappa shape index (κ2) is 11.7. The zero-order chi connectivity index (χ0) is 19.5. The fraction of sp³-hybridized carbons (Fsp3) is 0.462. The van der Waals surface area contributed by atoms with Crippen LogP contribution in [0.5, 0.6) is 0 Å². The Labute approximate surface area is 162 Å². The van der Waals surface area contributed by atoms with Gasteiger partial charge in [0.2, 0.25) is 0 Å². The van der Waals surface area contributed by atoms with Crippen molar-refractivity contribution in [2.75, 3.05) is 0 Å². The molecule has 2 fully saturated rings. The van der Waals surface area contributed by atoms with Gasteiger partial charge in [-0.2, -0.15) is 0 Å². The fourth-order valence-corrected chi connectivity index (χ4v) is 4.41. The molecule has 0 aromatic carbocycles. The van der Waals surface area contributed by atoms with E-state index in [4.69, 9.17) is 0 Å². The molecule has 0 spiro atoms. The summed E-state index contributed by atoms with van der Waals surface area (Å²) < 4.78 is 0. The van der Waals surface area contributed by atoms with Crippen LogP contribution >= 0.6 is 0 Å². The molecule has 3 unspecified atom stereocenters. The average Bonchev–Trinajstić information content (AvgIpc) is 3.21. The van der Waals surface area contributed by atoms with Crippen molar-refractivity contribution in [2.45, 2.75) is 60.3 Å². The maximum absolute atomic E-state index is 3.92. The highest BCUT2D eigenvalue weighted by atomic mass is 14.4. The quantitative estimate of drug-likeness (QED) is 0.424. The van der Waals surface area contributed by atoms with Crippen molar-refractivity contribution in [3.8, 4) is 0 Å². The molecule has 0 nitrogen and oxygen atoms in total. The molecule has 0 amide bonds. The van der Waals surface area contributed by atoms with Crippen LogP contribution in [-0.4, -0.2) is 0 Å². The van der Waals surface area contributed by atoms with E-state index in [2.05, 4.69) is 70.4 Å². The lowest BCUT2D eigenvalue weighted by Gasteiger charge is -2.18. The van der Waals surface area contributed by atoms with E-state index in [-0.39, 0.29) is 0 Å². The van der Waals surface area contributed by atoms with E-state index in [0.717, 1.165) is 11.8 Å². The number of allylic oxidation sites excluding steroid dienone is 12. The first kappa shape index (κ1) is 22.2. The van der Waals surface area contributed by atoms with Crippen LogP contribution in [0.2, 0.25) is 0 Å². The smallest absolute Gasteiger partial charge is 0.0163 e. The molecule has 0 aromatic heterocycles. The SMILES string of the molecule is C=C/C=C(\C=C/C)C(/C=C/C=C(/C)C=C)=C1\C(C)CC2CCCC12.CC. The van der Waals surface area contributed by atoms with Gasteiger partial charge in [-0.1, -0.05) is 100 Å². The van der Waals surface area contributed by atoms with E-state index >= 15 is 0 Å². The topological polar surface area (TPSA) is 0 Å². The average molecular weight is 351 g/mol. The molecule has 142 valence electrons. The summed E-state index contributed by atoms with van der Waals surface area (Å²) in [6.07, 6.45) is 22.4. The summed E-state index contributed by atoms with van der Waals surface area (Å²) in [5.41, 5.74) is 5.55. The molecule has 2 saturated carbocycles. The van der Waals surface area contributed by atoms with E-state index in [1.807, 2.05) is 26.0 Å². The molecule has 2 rings (SSSR count). The van der Waals surface area contributed by atoms with Crippen LogP contribution in [0, 0.1) is 17.8 Å². The van der Waals surface area contributed by atoms with Gasteiger partial charge >= 0.3 is 0 Å². The molecule has 0 aromatic rings. The molecule has 2 aliphatic rings. The van der Waals surface area contributed by atoms with Crippen molar-refractivity contribution >= 4 is 0 Å². The fourth-order valence-electron chi connectivity index (χ4n) is 4.41. The molecule has 26 heavy (non-hydrogen) atoms. The van der Waals surface area contributed by atoms with Crippen molar-refractivity contribution in [1.82, 2.24) is 0 Å².